The monoisotopic (exact) mass is 369 g/mol. The van der Waals surface area contributed by atoms with Crippen molar-refractivity contribution in [1.29, 1.82) is 0 Å². The first-order valence-corrected chi connectivity index (χ1v) is 10.8. The number of piperidine rings is 1. The van der Waals surface area contributed by atoms with Gasteiger partial charge in [-0.25, -0.2) is 4.98 Å². The zero-order valence-corrected chi connectivity index (χ0v) is 16.3. The Bertz CT molecular complexity index is 652. The number of aromatic nitrogens is 2. The van der Waals surface area contributed by atoms with Crippen LogP contribution in [0.4, 0.5) is 0 Å². The predicted octanol–water partition coefficient (Wildman–Crippen LogP) is 1.35. The fourth-order valence-corrected chi connectivity index (χ4v) is 5.65. The van der Waals surface area contributed by atoms with Crippen LogP contribution < -0.4 is 0 Å². The molecule has 0 spiro atoms. The number of rotatable bonds is 7. The van der Waals surface area contributed by atoms with Crippen molar-refractivity contribution in [2.45, 2.75) is 44.6 Å². The summed E-state index contributed by atoms with van der Waals surface area (Å²) in [6.07, 6.45) is 8.81. The average molecular weight is 370 g/mol. The van der Waals surface area contributed by atoms with Gasteiger partial charge in [-0.05, 0) is 52.7 Å². The van der Waals surface area contributed by atoms with Gasteiger partial charge in [-0.15, -0.1) is 0 Å². The number of nitrogens with zero attached hydrogens (tertiary/aromatic N) is 5. The Morgan fingerprint density at radius 2 is 1.88 bits per heavy atom. The van der Waals surface area contributed by atoms with Gasteiger partial charge >= 0.3 is 0 Å². The second-order valence-electron chi connectivity index (χ2n) is 7.45. The van der Waals surface area contributed by atoms with Crippen LogP contribution in [0.2, 0.25) is 0 Å². The van der Waals surface area contributed by atoms with E-state index in [1.165, 1.54) is 0 Å². The van der Waals surface area contributed by atoms with E-state index >= 15 is 0 Å². The molecule has 0 saturated carbocycles. The van der Waals surface area contributed by atoms with Crippen molar-refractivity contribution in [3.63, 3.8) is 0 Å². The summed E-state index contributed by atoms with van der Waals surface area (Å²) in [5, 5.41) is 0. The minimum Gasteiger partial charge on any atom is -0.335 e. The van der Waals surface area contributed by atoms with Gasteiger partial charge in [-0.3, -0.25) is 0 Å². The van der Waals surface area contributed by atoms with Crippen LogP contribution >= 0.6 is 0 Å². The normalized spacial score (nSPS) is 23.6. The van der Waals surface area contributed by atoms with Gasteiger partial charge in [-0.1, -0.05) is 0 Å². The lowest BCUT2D eigenvalue weighted by molar-refractivity contribution is 0.283. The fourth-order valence-electron chi connectivity index (χ4n) is 3.87. The van der Waals surface area contributed by atoms with Crippen molar-refractivity contribution in [1.82, 2.24) is 23.1 Å². The van der Waals surface area contributed by atoms with Gasteiger partial charge in [0.1, 0.15) is 5.82 Å². The third-order valence-electron chi connectivity index (χ3n) is 5.22. The molecule has 7 nitrogen and oxygen atoms in total. The van der Waals surface area contributed by atoms with Crippen LogP contribution in [0.5, 0.6) is 0 Å². The summed E-state index contributed by atoms with van der Waals surface area (Å²) in [5.74, 6) is 1.24. The zero-order valence-electron chi connectivity index (χ0n) is 15.5. The lowest BCUT2D eigenvalue weighted by Crippen LogP contribution is -2.46. The fraction of sp³-hybridized carbons (Fsp3) is 0.824. The summed E-state index contributed by atoms with van der Waals surface area (Å²) in [4.78, 5) is 6.75. The van der Waals surface area contributed by atoms with E-state index in [-0.39, 0.29) is 5.92 Å². The van der Waals surface area contributed by atoms with E-state index < -0.39 is 10.2 Å². The maximum Gasteiger partial charge on any atom is 0.281 e. The van der Waals surface area contributed by atoms with Gasteiger partial charge < -0.3 is 9.47 Å². The lowest BCUT2D eigenvalue weighted by Gasteiger charge is -2.34. The standard InChI is InChI=1S/C17H31N5O2S/c1-19(2)9-6-10-20-14-8-18-17(20)16-7-5-13-22(15-16)25(23,24)21-11-3-4-12-21/h8,14,16H,3-7,9-13,15H2,1-2H3/t16-/m0/s1. The molecule has 3 rings (SSSR count). The molecule has 8 heteroatoms. The number of hydrogen-bond acceptors (Lipinski definition) is 4. The van der Waals surface area contributed by atoms with Crippen LogP contribution in [0.15, 0.2) is 12.4 Å². The zero-order chi connectivity index (χ0) is 17.9. The molecule has 1 atom stereocenters. The summed E-state index contributed by atoms with van der Waals surface area (Å²) >= 11 is 0. The molecule has 2 aliphatic heterocycles. The highest BCUT2D eigenvalue weighted by Crippen LogP contribution is 2.29. The van der Waals surface area contributed by atoms with Gasteiger partial charge in [0.05, 0.1) is 0 Å². The highest BCUT2D eigenvalue weighted by Gasteiger charge is 2.36. The molecule has 0 aromatic carbocycles. The van der Waals surface area contributed by atoms with Crippen LogP contribution in [-0.4, -0.2) is 78.3 Å². The largest absolute Gasteiger partial charge is 0.335 e. The number of hydrogen-bond donors (Lipinski definition) is 0. The summed E-state index contributed by atoms with van der Waals surface area (Å²) in [6.45, 7) is 4.51. The van der Waals surface area contributed by atoms with Crippen molar-refractivity contribution in [3.05, 3.63) is 18.2 Å². The van der Waals surface area contributed by atoms with Crippen molar-refractivity contribution >= 4 is 10.2 Å². The first-order chi connectivity index (χ1) is 12.0. The van der Waals surface area contributed by atoms with Crippen molar-refractivity contribution in [2.75, 3.05) is 46.8 Å². The summed E-state index contributed by atoms with van der Waals surface area (Å²) in [6, 6.07) is 0. The van der Waals surface area contributed by atoms with E-state index in [9.17, 15) is 8.42 Å². The van der Waals surface area contributed by atoms with E-state index in [0.29, 0.717) is 26.2 Å². The molecule has 25 heavy (non-hydrogen) atoms. The molecule has 0 amide bonds. The topological polar surface area (TPSA) is 61.7 Å². The molecular weight excluding hydrogens is 338 g/mol. The Hall–Kier alpha value is -0.960. The lowest BCUT2D eigenvalue weighted by atomic mass is 9.99. The van der Waals surface area contributed by atoms with Gasteiger partial charge in [0.15, 0.2) is 0 Å². The van der Waals surface area contributed by atoms with Crippen molar-refractivity contribution in [3.8, 4) is 0 Å². The van der Waals surface area contributed by atoms with E-state index in [2.05, 4.69) is 28.5 Å². The Balaban J connectivity index is 1.66. The molecule has 142 valence electrons. The second-order valence-corrected chi connectivity index (χ2v) is 9.38. The molecule has 0 N–H and O–H groups in total. The molecule has 0 aliphatic carbocycles. The van der Waals surface area contributed by atoms with Crippen LogP contribution in [0, 0.1) is 0 Å². The van der Waals surface area contributed by atoms with Gasteiger partial charge in [0.2, 0.25) is 0 Å². The van der Waals surface area contributed by atoms with Gasteiger partial charge in [-0.2, -0.15) is 17.0 Å². The van der Waals surface area contributed by atoms with Crippen molar-refractivity contribution < 1.29 is 8.42 Å². The maximum atomic E-state index is 12.9. The smallest absolute Gasteiger partial charge is 0.281 e. The maximum absolute atomic E-state index is 12.9. The third-order valence-corrected chi connectivity index (χ3v) is 7.22. The van der Waals surface area contributed by atoms with E-state index in [0.717, 1.165) is 51.0 Å². The highest BCUT2D eigenvalue weighted by molar-refractivity contribution is 7.86. The minimum atomic E-state index is -3.30. The number of aryl methyl sites for hydroxylation is 1. The Labute approximate surface area is 151 Å². The summed E-state index contributed by atoms with van der Waals surface area (Å²) < 4.78 is 31.3. The molecule has 2 saturated heterocycles. The first-order valence-electron chi connectivity index (χ1n) is 9.39. The SMILES string of the molecule is CN(C)CCCn1ccnc1[C@H]1CCCN(S(=O)(=O)N2CCCC2)C1. The van der Waals surface area contributed by atoms with Crippen LogP contribution in [0.3, 0.4) is 0 Å². The summed E-state index contributed by atoms with van der Waals surface area (Å²) in [7, 11) is 0.857. The molecule has 1 aromatic rings. The van der Waals surface area contributed by atoms with E-state index in [4.69, 9.17) is 0 Å². The van der Waals surface area contributed by atoms with Crippen LogP contribution in [0.1, 0.15) is 43.8 Å². The highest BCUT2D eigenvalue weighted by atomic mass is 32.2. The molecule has 0 unspecified atom stereocenters. The quantitative estimate of drug-likeness (QED) is 0.728. The molecule has 2 aliphatic rings. The molecular formula is C17H31N5O2S. The van der Waals surface area contributed by atoms with Gasteiger partial charge in [0.25, 0.3) is 10.2 Å². The van der Waals surface area contributed by atoms with Gasteiger partial charge in [0, 0.05) is 51.0 Å². The Morgan fingerprint density at radius 1 is 1.16 bits per heavy atom. The first kappa shape index (κ1) is 18.8. The average Bonchev–Trinajstić information content (AvgIpc) is 3.27. The second kappa shape index (κ2) is 8.16. The molecule has 0 radical (unpaired) electrons. The molecule has 2 fully saturated rings. The van der Waals surface area contributed by atoms with E-state index in [1.54, 1.807) is 8.61 Å². The number of imidazole rings is 1. The molecule has 1 aromatic heterocycles. The van der Waals surface area contributed by atoms with Crippen LogP contribution in [-0.2, 0) is 16.8 Å². The predicted molar refractivity (Wildman–Crippen MR) is 98.7 cm³/mol. The Kier molecular flexibility index (Phi) is 6.14. The van der Waals surface area contributed by atoms with Crippen molar-refractivity contribution in [2.24, 2.45) is 0 Å². The summed E-state index contributed by atoms with van der Waals surface area (Å²) in [5.41, 5.74) is 0. The Morgan fingerprint density at radius 3 is 2.60 bits per heavy atom. The molecule has 3 heterocycles. The third kappa shape index (κ3) is 4.42. The van der Waals surface area contributed by atoms with Crippen LogP contribution in [0.25, 0.3) is 0 Å². The minimum absolute atomic E-state index is 0.195. The van der Waals surface area contributed by atoms with E-state index in [1.807, 2.05) is 12.4 Å². The molecule has 0 bridgehead atoms.